The number of benzene rings is 1. The zero-order valence-corrected chi connectivity index (χ0v) is 17.0. The Morgan fingerprint density at radius 2 is 1.89 bits per heavy atom. The van der Waals surface area contributed by atoms with Gasteiger partial charge in [0.05, 0.1) is 28.8 Å². The second kappa shape index (κ2) is 8.51. The van der Waals surface area contributed by atoms with Gasteiger partial charge in [-0.1, -0.05) is 34.5 Å². The maximum Gasteiger partial charge on any atom is 0.291 e. The fourth-order valence-corrected chi connectivity index (χ4v) is 5.20. The lowest BCUT2D eigenvalue weighted by molar-refractivity contribution is 0.0730. The first-order chi connectivity index (χ1) is 13.2. The Bertz CT molecular complexity index is 997. The molecule has 0 aliphatic carbocycles. The van der Waals surface area contributed by atoms with Gasteiger partial charge in [0.1, 0.15) is 4.90 Å². The van der Waals surface area contributed by atoms with Crippen molar-refractivity contribution in [2.75, 3.05) is 31.6 Å². The van der Waals surface area contributed by atoms with Crippen LogP contribution < -0.4 is 5.32 Å². The predicted octanol–water partition coefficient (Wildman–Crippen LogP) is 3.06. The van der Waals surface area contributed by atoms with E-state index >= 15 is 0 Å². The molecule has 28 heavy (non-hydrogen) atoms. The molecular formula is C14H12Cl2F2N4O4S2. The SMILES string of the molecule is O=C(Nc1nnc(C(F)F)s1)c1cc(S(=O)(=O)N2CCOCC2)c(Cl)cc1Cl. The molecule has 1 saturated heterocycles. The highest BCUT2D eigenvalue weighted by Crippen LogP contribution is 2.32. The molecule has 0 atom stereocenters. The van der Waals surface area contributed by atoms with E-state index in [-0.39, 0.29) is 51.9 Å². The second-order valence-electron chi connectivity index (χ2n) is 5.48. The summed E-state index contributed by atoms with van der Waals surface area (Å²) in [6, 6.07) is 2.18. The summed E-state index contributed by atoms with van der Waals surface area (Å²) in [4.78, 5) is 12.2. The van der Waals surface area contributed by atoms with Gasteiger partial charge in [0.15, 0.2) is 5.01 Å². The van der Waals surface area contributed by atoms with Gasteiger partial charge in [0, 0.05) is 13.1 Å². The van der Waals surface area contributed by atoms with Crippen molar-refractivity contribution in [1.82, 2.24) is 14.5 Å². The van der Waals surface area contributed by atoms with Gasteiger partial charge in [0.2, 0.25) is 15.2 Å². The number of carbonyl (C=O) groups is 1. The Kier molecular flexibility index (Phi) is 6.47. The van der Waals surface area contributed by atoms with Crippen LogP contribution in [0.2, 0.25) is 10.0 Å². The van der Waals surface area contributed by atoms with Gasteiger partial charge >= 0.3 is 0 Å². The summed E-state index contributed by atoms with van der Waals surface area (Å²) in [6.45, 7) is 0.761. The molecule has 1 aliphatic heterocycles. The van der Waals surface area contributed by atoms with Crippen LogP contribution in [-0.4, -0.2) is 55.1 Å². The zero-order chi connectivity index (χ0) is 20.5. The number of amides is 1. The van der Waals surface area contributed by atoms with Gasteiger partial charge in [-0.05, 0) is 12.1 Å². The van der Waals surface area contributed by atoms with Crippen molar-refractivity contribution in [2.45, 2.75) is 11.3 Å². The lowest BCUT2D eigenvalue weighted by Crippen LogP contribution is -2.40. The number of nitrogens with one attached hydrogen (secondary N) is 1. The van der Waals surface area contributed by atoms with E-state index in [4.69, 9.17) is 27.9 Å². The molecule has 1 aromatic heterocycles. The first-order valence-corrected chi connectivity index (χ1v) is 10.7. The van der Waals surface area contributed by atoms with Crippen LogP contribution in [0.3, 0.4) is 0 Å². The van der Waals surface area contributed by atoms with Gasteiger partial charge < -0.3 is 4.74 Å². The molecule has 152 valence electrons. The summed E-state index contributed by atoms with van der Waals surface area (Å²) < 4.78 is 57.2. The topological polar surface area (TPSA) is 101 Å². The lowest BCUT2D eigenvalue weighted by Gasteiger charge is -2.26. The minimum absolute atomic E-state index is 0.109. The molecule has 0 radical (unpaired) electrons. The van der Waals surface area contributed by atoms with Crippen LogP contribution in [0.25, 0.3) is 0 Å². The number of carbonyl (C=O) groups excluding carboxylic acids is 1. The normalized spacial score (nSPS) is 15.8. The number of ether oxygens (including phenoxy) is 1. The molecule has 8 nitrogen and oxygen atoms in total. The van der Waals surface area contributed by atoms with E-state index in [1.54, 1.807) is 0 Å². The highest BCUT2D eigenvalue weighted by molar-refractivity contribution is 7.89. The van der Waals surface area contributed by atoms with Crippen molar-refractivity contribution in [3.05, 3.63) is 32.7 Å². The van der Waals surface area contributed by atoms with Crippen molar-refractivity contribution < 1.29 is 26.7 Å². The first-order valence-electron chi connectivity index (χ1n) is 7.70. The van der Waals surface area contributed by atoms with Crippen molar-refractivity contribution in [1.29, 1.82) is 0 Å². The molecular weight excluding hydrogens is 461 g/mol. The predicted molar refractivity (Wildman–Crippen MR) is 98.9 cm³/mol. The highest BCUT2D eigenvalue weighted by atomic mass is 35.5. The molecule has 0 unspecified atom stereocenters. The van der Waals surface area contributed by atoms with Crippen molar-refractivity contribution in [2.24, 2.45) is 0 Å². The second-order valence-corrected chi connectivity index (χ2v) is 9.21. The number of aromatic nitrogens is 2. The average molecular weight is 473 g/mol. The molecule has 0 saturated carbocycles. The minimum atomic E-state index is -3.99. The Labute approximate surface area is 172 Å². The summed E-state index contributed by atoms with van der Waals surface area (Å²) >= 11 is 12.6. The number of morpholine rings is 1. The molecule has 2 heterocycles. The number of anilines is 1. The van der Waals surface area contributed by atoms with Crippen LogP contribution >= 0.6 is 34.5 Å². The number of alkyl halides is 2. The number of rotatable bonds is 5. The number of nitrogens with zero attached hydrogens (tertiary/aromatic N) is 3. The number of sulfonamides is 1. The molecule has 2 aromatic rings. The molecule has 1 amide bonds. The van der Waals surface area contributed by atoms with E-state index < -0.39 is 27.4 Å². The van der Waals surface area contributed by atoms with Gasteiger partial charge in [-0.25, -0.2) is 17.2 Å². The summed E-state index contributed by atoms with van der Waals surface area (Å²) in [5.41, 5.74) is -0.202. The number of halogens is 4. The van der Waals surface area contributed by atoms with Crippen molar-refractivity contribution >= 4 is 55.6 Å². The lowest BCUT2D eigenvalue weighted by atomic mass is 10.2. The molecule has 1 aliphatic rings. The fraction of sp³-hybridized carbons (Fsp3) is 0.357. The van der Waals surface area contributed by atoms with Crippen molar-refractivity contribution in [3.8, 4) is 0 Å². The van der Waals surface area contributed by atoms with Gasteiger partial charge in [-0.2, -0.15) is 4.31 Å². The Morgan fingerprint density at radius 3 is 2.50 bits per heavy atom. The Balaban J connectivity index is 1.91. The highest BCUT2D eigenvalue weighted by Gasteiger charge is 2.30. The Hall–Kier alpha value is -1.44. The molecule has 1 N–H and O–H groups in total. The van der Waals surface area contributed by atoms with Crippen LogP contribution in [-0.2, 0) is 14.8 Å². The monoisotopic (exact) mass is 472 g/mol. The van der Waals surface area contributed by atoms with Crippen molar-refractivity contribution in [3.63, 3.8) is 0 Å². The van der Waals surface area contributed by atoms with E-state index in [0.29, 0.717) is 11.3 Å². The molecule has 0 spiro atoms. The van der Waals surface area contributed by atoms with Crippen LogP contribution in [0.4, 0.5) is 13.9 Å². The molecule has 0 bridgehead atoms. The number of hydrogen-bond acceptors (Lipinski definition) is 7. The van der Waals surface area contributed by atoms with E-state index in [1.165, 1.54) is 4.31 Å². The van der Waals surface area contributed by atoms with E-state index in [9.17, 15) is 22.0 Å². The smallest absolute Gasteiger partial charge is 0.291 e. The van der Waals surface area contributed by atoms with E-state index in [1.807, 2.05) is 0 Å². The van der Waals surface area contributed by atoms with Crippen LogP contribution in [0.1, 0.15) is 21.8 Å². The Morgan fingerprint density at radius 1 is 1.21 bits per heavy atom. The maximum absolute atomic E-state index is 12.8. The molecule has 3 rings (SSSR count). The molecule has 1 fully saturated rings. The third kappa shape index (κ3) is 4.42. The van der Waals surface area contributed by atoms with Gasteiger partial charge in [0.25, 0.3) is 12.3 Å². The minimum Gasteiger partial charge on any atom is -0.379 e. The molecule has 14 heteroatoms. The summed E-state index contributed by atoms with van der Waals surface area (Å²) in [6.07, 6.45) is -2.83. The largest absolute Gasteiger partial charge is 0.379 e. The third-order valence-corrected chi connectivity index (χ3v) is 7.22. The summed E-state index contributed by atoms with van der Waals surface area (Å²) in [5, 5.41) is 7.97. The maximum atomic E-state index is 12.8. The van der Waals surface area contributed by atoms with E-state index in [2.05, 4.69) is 15.5 Å². The van der Waals surface area contributed by atoms with Crippen LogP contribution in [0, 0.1) is 0 Å². The summed E-state index contributed by atoms with van der Waals surface area (Å²) in [5.74, 6) is -0.836. The first kappa shape index (κ1) is 21.3. The fourth-order valence-electron chi connectivity index (χ4n) is 2.36. The average Bonchev–Trinajstić information content (AvgIpc) is 3.11. The quantitative estimate of drug-likeness (QED) is 0.717. The number of hydrogen-bond donors (Lipinski definition) is 1. The standard InChI is InChI=1S/C14H12Cl2F2N4O4S2/c15-8-6-9(16)10(28(24,25)22-1-3-26-4-2-22)5-7(8)12(23)19-14-21-20-13(27-14)11(17)18/h5-6,11H,1-4H2,(H,19,21,23). The zero-order valence-electron chi connectivity index (χ0n) is 13.9. The van der Waals surface area contributed by atoms with Crippen LogP contribution in [0.15, 0.2) is 17.0 Å². The van der Waals surface area contributed by atoms with Gasteiger partial charge in [-0.15, -0.1) is 10.2 Å². The third-order valence-electron chi connectivity index (χ3n) is 3.70. The molecule has 1 aromatic carbocycles. The summed E-state index contributed by atoms with van der Waals surface area (Å²) in [7, 11) is -3.99. The van der Waals surface area contributed by atoms with Gasteiger partial charge in [-0.3, -0.25) is 10.1 Å². The van der Waals surface area contributed by atoms with E-state index in [0.717, 1.165) is 12.1 Å². The van der Waals surface area contributed by atoms with Crippen LogP contribution in [0.5, 0.6) is 0 Å².